The molecule has 1 fully saturated rings. The van der Waals surface area contributed by atoms with E-state index < -0.39 is 0 Å². The molecule has 3 N–H and O–H groups in total. The molecule has 2 aliphatic heterocycles. The Labute approximate surface area is 146 Å². The Morgan fingerprint density at radius 3 is 2.80 bits per heavy atom. The molecule has 0 spiro atoms. The van der Waals surface area contributed by atoms with E-state index in [1.807, 2.05) is 25.1 Å². The fourth-order valence-corrected chi connectivity index (χ4v) is 3.24. The third-order valence-electron chi connectivity index (χ3n) is 4.76. The van der Waals surface area contributed by atoms with Gasteiger partial charge in [0.05, 0.1) is 11.4 Å². The van der Waals surface area contributed by atoms with Gasteiger partial charge in [0, 0.05) is 12.2 Å². The molecule has 0 saturated carbocycles. The zero-order chi connectivity index (χ0) is 17.4. The highest BCUT2D eigenvalue weighted by Gasteiger charge is 2.22. The highest BCUT2D eigenvalue weighted by molar-refractivity contribution is 6.11. The largest absolute Gasteiger partial charge is 0.351 e. The van der Waals surface area contributed by atoms with Crippen LogP contribution in [0.15, 0.2) is 24.4 Å². The van der Waals surface area contributed by atoms with Gasteiger partial charge in [-0.1, -0.05) is 6.07 Å². The lowest BCUT2D eigenvalue weighted by atomic mass is 10.1. The highest BCUT2D eigenvalue weighted by Crippen LogP contribution is 2.31. The summed E-state index contributed by atoms with van der Waals surface area (Å²) in [5.41, 5.74) is 3.15. The van der Waals surface area contributed by atoms with Crippen molar-refractivity contribution in [3.05, 3.63) is 35.5 Å². The van der Waals surface area contributed by atoms with Crippen LogP contribution in [-0.4, -0.2) is 47.0 Å². The molecule has 4 rings (SSSR count). The number of benzene rings is 1. The second kappa shape index (κ2) is 6.33. The fourth-order valence-electron chi connectivity index (χ4n) is 3.24. The molecule has 0 atom stereocenters. The van der Waals surface area contributed by atoms with Crippen LogP contribution in [0.5, 0.6) is 0 Å². The van der Waals surface area contributed by atoms with Gasteiger partial charge in [-0.05, 0) is 57.6 Å². The maximum absolute atomic E-state index is 12.4. The summed E-state index contributed by atoms with van der Waals surface area (Å²) in [6.07, 6.45) is 3.71. The summed E-state index contributed by atoms with van der Waals surface area (Å²) in [6, 6.07) is 6.22. The van der Waals surface area contributed by atoms with Gasteiger partial charge in [0.1, 0.15) is 11.4 Å². The van der Waals surface area contributed by atoms with Crippen LogP contribution in [0, 0.1) is 6.92 Å². The number of likely N-dealkylation sites (tertiary alicyclic amines) is 1. The Bertz CT molecular complexity index is 813. The fraction of sp³-hybridized carbons (Fsp3) is 0.389. The number of anilines is 4. The number of hydrogen-bond donors (Lipinski definition) is 3. The molecule has 0 unspecified atom stereocenters. The first-order valence-electron chi connectivity index (χ1n) is 8.59. The molecule has 1 aromatic carbocycles. The van der Waals surface area contributed by atoms with Crippen LogP contribution in [0.25, 0.3) is 0 Å². The monoisotopic (exact) mass is 338 g/mol. The van der Waals surface area contributed by atoms with Crippen LogP contribution in [0.4, 0.5) is 23.1 Å². The van der Waals surface area contributed by atoms with Crippen molar-refractivity contribution in [2.75, 3.05) is 36.1 Å². The molecule has 7 nitrogen and oxygen atoms in total. The Kier molecular flexibility index (Phi) is 4.01. The van der Waals surface area contributed by atoms with Crippen molar-refractivity contribution in [3.63, 3.8) is 0 Å². The summed E-state index contributed by atoms with van der Waals surface area (Å²) in [7, 11) is 2.14. The van der Waals surface area contributed by atoms with Crippen molar-refractivity contribution in [1.82, 2.24) is 14.9 Å². The first-order chi connectivity index (χ1) is 12.1. The quantitative estimate of drug-likeness (QED) is 0.781. The lowest BCUT2D eigenvalue weighted by Crippen LogP contribution is -2.37. The third-order valence-corrected chi connectivity index (χ3v) is 4.76. The number of hydrogen-bond acceptors (Lipinski definition) is 6. The average Bonchev–Trinajstić information content (AvgIpc) is 2.72. The first-order valence-corrected chi connectivity index (χ1v) is 8.59. The minimum Gasteiger partial charge on any atom is -0.351 e. The number of piperidine rings is 1. The van der Waals surface area contributed by atoms with Gasteiger partial charge >= 0.3 is 0 Å². The van der Waals surface area contributed by atoms with E-state index in [4.69, 9.17) is 0 Å². The van der Waals surface area contributed by atoms with Gasteiger partial charge in [0.2, 0.25) is 5.95 Å². The maximum atomic E-state index is 12.4. The molecule has 0 aliphatic carbocycles. The number of fused-ring (bicyclic) bond motifs is 2. The van der Waals surface area contributed by atoms with Gasteiger partial charge in [0.25, 0.3) is 5.91 Å². The SMILES string of the molecule is Cc1ccc2c(c1)Nc1nc(NC3CCN(C)CC3)ncc1C(=O)N2. The zero-order valence-electron chi connectivity index (χ0n) is 14.5. The van der Waals surface area contributed by atoms with Crippen LogP contribution in [-0.2, 0) is 0 Å². The van der Waals surface area contributed by atoms with Crippen LogP contribution in [0.3, 0.4) is 0 Å². The van der Waals surface area contributed by atoms with Crippen molar-refractivity contribution in [2.24, 2.45) is 0 Å². The molecule has 2 aromatic rings. The van der Waals surface area contributed by atoms with E-state index in [-0.39, 0.29) is 5.91 Å². The van der Waals surface area contributed by atoms with E-state index in [1.54, 1.807) is 6.20 Å². The van der Waals surface area contributed by atoms with Crippen molar-refractivity contribution in [2.45, 2.75) is 25.8 Å². The van der Waals surface area contributed by atoms with E-state index in [2.05, 4.69) is 37.9 Å². The standard InChI is InChI=1S/C18H22N6O/c1-11-3-4-14-15(9-11)21-16-13(17(25)22-14)10-19-18(23-16)20-12-5-7-24(2)8-6-12/h3-4,9-10,12H,5-8H2,1-2H3,(H,22,25)(H2,19,20,21,23). The molecule has 7 heteroatoms. The topological polar surface area (TPSA) is 82.2 Å². The molecular formula is C18H22N6O. The van der Waals surface area contributed by atoms with Crippen LogP contribution < -0.4 is 16.0 Å². The molecule has 2 aliphatic rings. The number of carbonyl (C=O) groups excluding carboxylic acids is 1. The Morgan fingerprint density at radius 2 is 2.00 bits per heavy atom. The summed E-state index contributed by atoms with van der Waals surface area (Å²) >= 11 is 0. The number of nitrogens with one attached hydrogen (secondary N) is 3. The van der Waals surface area contributed by atoms with Gasteiger partial charge in [0.15, 0.2) is 0 Å². The average molecular weight is 338 g/mol. The predicted octanol–water partition coefficient (Wildman–Crippen LogP) is 2.60. The van der Waals surface area contributed by atoms with E-state index in [9.17, 15) is 4.79 Å². The van der Waals surface area contributed by atoms with Gasteiger partial charge in [-0.15, -0.1) is 0 Å². The Balaban J connectivity index is 1.60. The minimum absolute atomic E-state index is 0.198. The van der Waals surface area contributed by atoms with E-state index in [1.165, 1.54) is 0 Å². The molecule has 3 heterocycles. The number of carbonyl (C=O) groups is 1. The van der Waals surface area contributed by atoms with Crippen LogP contribution >= 0.6 is 0 Å². The molecule has 25 heavy (non-hydrogen) atoms. The van der Waals surface area contributed by atoms with Gasteiger partial charge < -0.3 is 20.9 Å². The maximum Gasteiger partial charge on any atom is 0.261 e. The Hall–Kier alpha value is -2.67. The molecule has 0 radical (unpaired) electrons. The highest BCUT2D eigenvalue weighted by atomic mass is 16.1. The number of rotatable bonds is 2. The normalized spacial score (nSPS) is 17.8. The van der Waals surface area contributed by atoms with Gasteiger partial charge in [-0.25, -0.2) is 4.98 Å². The summed E-state index contributed by atoms with van der Waals surface area (Å²) in [5.74, 6) is 0.896. The number of nitrogens with zero attached hydrogens (tertiary/aromatic N) is 3. The molecule has 1 aromatic heterocycles. The predicted molar refractivity (Wildman–Crippen MR) is 98.6 cm³/mol. The van der Waals surface area contributed by atoms with Crippen molar-refractivity contribution in [1.29, 1.82) is 0 Å². The van der Waals surface area contributed by atoms with E-state index >= 15 is 0 Å². The molecule has 130 valence electrons. The second-order valence-electron chi connectivity index (χ2n) is 6.81. The molecular weight excluding hydrogens is 316 g/mol. The van der Waals surface area contributed by atoms with Crippen molar-refractivity contribution in [3.8, 4) is 0 Å². The summed E-state index contributed by atoms with van der Waals surface area (Å²) in [4.78, 5) is 23.7. The van der Waals surface area contributed by atoms with E-state index in [0.29, 0.717) is 23.4 Å². The molecule has 0 bridgehead atoms. The number of aryl methyl sites for hydroxylation is 1. The number of aromatic nitrogens is 2. The Morgan fingerprint density at radius 1 is 1.20 bits per heavy atom. The lowest BCUT2D eigenvalue weighted by molar-refractivity contribution is 0.102. The lowest BCUT2D eigenvalue weighted by Gasteiger charge is -2.29. The molecule has 1 saturated heterocycles. The smallest absolute Gasteiger partial charge is 0.261 e. The summed E-state index contributed by atoms with van der Waals surface area (Å²) in [5, 5.41) is 9.58. The first kappa shape index (κ1) is 15.8. The van der Waals surface area contributed by atoms with Gasteiger partial charge in [-0.3, -0.25) is 4.79 Å². The van der Waals surface area contributed by atoms with Gasteiger partial charge in [-0.2, -0.15) is 4.98 Å². The van der Waals surface area contributed by atoms with Crippen molar-refractivity contribution >= 4 is 29.0 Å². The van der Waals surface area contributed by atoms with Crippen LogP contribution in [0.2, 0.25) is 0 Å². The summed E-state index contributed by atoms with van der Waals surface area (Å²) in [6.45, 7) is 4.15. The summed E-state index contributed by atoms with van der Waals surface area (Å²) < 4.78 is 0. The zero-order valence-corrected chi connectivity index (χ0v) is 14.5. The van der Waals surface area contributed by atoms with Crippen molar-refractivity contribution < 1.29 is 4.79 Å². The minimum atomic E-state index is -0.198. The molecule has 1 amide bonds. The van der Waals surface area contributed by atoms with E-state index in [0.717, 1.165) is 42.9 Å². The third kappa shape index (κ3) is 3.28. The number of amides is 1. The van der Waals surface area contributed by atoms with Crippen LogP contribution in [0.1, 0.15) is 28.8 Å². The second-order valence-corrected chi connectivity index (χ2v) is 6.81.